The smallest absolute Gasteiger partial charge is 0.250 e. The monoisotopic (exact) mass is 387 g/mol. The van der Waals surface area contributed by atoms with Crippen LogP contribution >= 0.6 is 34.3 Å². The van der Waals surface area contributed by atoms with Gasteiger partial charge in [-0.05, 0) is 47.5 Å². The van der Waals surface area contributed by atoms with E-state index in [0.717, 1.165) is 15.0 Å². The highest BCUT2D eigenvalue weighted by molar-refractivity contribution is 7.91. The van der Waals surface area contributed by atoms with E-state index in [0.29, 0.717) is 11.4 Å². The van der Waals surface area contributed by atoms with E-state index in [-0.39, 0.29) is 10.8 Å². The first kappa shape index (κ1) is 16.9. The van der Waals surface area contributed by atoms with Crippen molar-refractivity contribution in [1.82, 2.24) is 4.72 Å². The van der Waals surface area contributed by atoms with E-state index in [1.807, 2.05) is 23.6 Å². The van der Waals surface area contributed by atoms with Crippen LogP contribution in [0.1, 0.15) is 17.3 Å². The van der Waals surface area contributed by atoms with Gasteiger partial charge in [-0.3, -0.25) is 0 Å². The fourth-order valence-electron chi connectivity index (χ4n) is 2.25. The largest absolute Gasteiger partial charge is 0.396 e. The highest BCUT2D eigenvalue weighted by Gasteiger charge is 2.23. The van der Waals surface area contributed by atoms with Crippen molar-refractivity contribution in [3.63, 3.8) is 0 Å². The first-order chi connectivity index (χ1) is 11.0. The van der Waals surface area contributed by atoms with Crippen molar-refractivity contribution >= 4 is 54.4 Å². The Kier molecular flexibility index (Phi) is 5.05. The SMILES string of the molecule is O=S(=O)(N[C@H](CCO)c1cccs1)c1cc2cc(Cl)ccc2s1. The number of sulfonamides is 1. The molecule has 0 saturated carbocycles. The number of nitrogens with one attached hydrogen (secondary N) is 1. The van der Waals surface area contributed by atoms with Crippen molar-refractivity contribution in [2.24, 2.45) is 0 Å². The maximum Gasteiger partial charge on any atom is 0.250 e. The summed E-state index contributed by atoms with van der Waals surface area (Å²) in [6.45, 7) is -0.0902. The van der Waals surface area contributed by atoms with Crippen molar-refractivity contribution in [2.45, 2.75) is 16.7 Å². The first-order valence-electron chi connectivity index (χ1n) is 6.85. The van der Waals surface area contributed by atoms with Gasteiger partial charge < -0.3 is 5.11 Å². The Morgan fingerprint density at radius 3 is 2.78 bits per heavy atom. The van der Waals surface area contributed by atoms with Crippen LogP contribution in [0.25, 0.3) is 10.1 Å². The van der Waals surface area contributed by atoms with Crippen molar-refractivity contribution < 1.29 is 13.5 Å². The molecule has 0 radical (unpaired) electrons. The van der Waals surface area contributed by atoms with Crippen molar-refractivity contribution in [3.05, 3.63) is 51.7 Å². The predicted octanol–water partition coefficient (Wildman–Crippen LogP) is 4.02. The van der Waals surface area contributed by atoms with Gasteiger partial charge in [0, 0.05) is 21.2 Å². The van der Waals surface area contributed by atoms with E-state index in [4.69, 9.17) is 11.6 Å². The maximum absolute atomic E-state index is 12.7. The normalized spacial score (nSPS) is 13.5. The molecule has 1 aromatic carbocycles. The topological polar surface area (TPSA) is 66.4 Å². The summed E-state index contributed by atoms with van der Waals surface area (Å²) in [6, 6.07) is 10.2. The Balaban J connectivity index is 1.92. The minimum atomic E-state index is -3.66. The lowest BCUT2D eigenvalue weighted by Gasteiger charge is -2.15. The second-order valence-corrected chi connectivity index (χ2v) is 9.39. The maximum atomic E-state index is 12.7. The summed E-state index contributed by atoms with van der Waals surface area (Å²) in [4.78, 5) is 0.881. The van der Waals surface area contributed by atoms with Gasteiger partial charge in [-0.15, -0.1) is 22.7 Å². The number of benzene rings is 1. The molecule has 0 fully saturated rings. The number of hydrogen-bond acceptors (Lipinski definition) is 5. The van der Waals surface area contributed by atoms with E-state index in [9.17, 15) is 13.5 Å². The number of aliphatic hydroxyl groups excluding tert-OH is 1. The molecule has 0 aliphatic rings. The van der Waals surface area contributed by atoms with Crippen LogP contribution in [0.5, 0.6) is 0 Å². The molecule has 0 amide bonds. The Bertz CT molecular complexity index is 903. The van der Waals surface area contributed by atoms with Gasteiger partial charge in [-0.2, -0.15) is 0 Å². The second-order valence-electron chi connectivity index (χ2n) is 4.95. The third-order valence-electron chi connectivity index (χ3n) is 3.32. The predicted molar refractivity (Wildman–Crippen MR) is 95.9 cm³/mol. The van der Waals surface area contributed by atoms with Gasteiger partial charge >= 0.3 is 0 Å². The quantitative estimate of drug-likeness (QED) is 0.671. The van der Waals surface area contributed by atoms with Crippen LogP contribution < -0.4 is 4.72 Å². The molecule has 8 heteroatoms. The van der Waals surface area contributed by atoms with E-state index in [1.54, 1.807) is 18.2 Å². The third kappa shape index (κ3) is 3.76. The lowest BCUT2D eigenvalue weighted by Crippen LogP contribution is -2.28. The molecule has 122 valence electrons. The van der Waals surface area contributed by atoms with Crippen molar-refractivity contribution in [2.75, 3.05) is 6.61 Å². The molecule has 23 heavy (non-hydrogen) atoms. The summed E-state index contributed by atoms with van der Waals surface area (Å²) in [7, 11) is -3.66. The second kappa shape index (κ2) is 6.88. The number of aliphatic hydroxyl groups is 1. The van der Waals surface area contributed by atoms with E-state index in [1.165, 1.54) is 22.7 Å². The number of hydrogen-bond donors (Lipinski definition) is 2. The molecule has 0 spiro atoms. The number of fused-ring (bicyclic) bond motifs is 1. The Hall–Kier alpha value is -0.960. The zero-order valence-electron chi connectivity index (χ0n) is 11.9. The lowest BCUT2D eigenvalue weighted by atomic mass is 10.2. The van der Waals surface area contributed by atoms with Gasteiger partial charge in [0.2, 0.25) is 0 Å². The highest BCUT2D eigenvalue weighted by atomic mass is 35.5. The molecule has 0 bridgehead atoms. The van der Waals surface area contributed by atoms with Gasteiger partial charge in [0.05, 0.1) is 6.04 Å². The summed E-state index contributed by atoms with van der Waals surface area (Å²) in [5.74, 6) is 0. The number of thiophene rings is 2. The summed E-state index contributed by atoms with van der Waals surface area (Å²) < 4.78 is 29.1. The van der Waals surface area contributed by atoms with Gasteiger partial charge in [-0.25, -0.2) is 13.1 Å². The molecule has 0 aliphatic heterocycles. The van der Waals surface area contributed by atoms with Crippen LogP contribution in [0, 0.1) is 0 Å². The Labute approximate surface area is 147 Å². The Morgan fingerprint density at radius 2 is 2.09 bits per heavy atom. The molecule has 0 unspecified atom stereocenters. The fraction of sp³-hybridized carbons (Fsp3) is 0.200. The van der Waals surface area contributed by atoms with Gasteiger partial charge in [0.25, 0.3) is 10.0 Å². The molecule has 2 N–H and O–H groups in total. The molecule has 3 aromatic rings. The van der Waals surface area contributed by atoms with E-state index < -0.39 is 16.1 Å². The van der Waals surface area contributed by atoms with Crippen LogP contribution in [0.4, 0.5) is 0 Å². The lowest BCUT2D eigenvalue weighted by molar-refractivity contribution is 0.273. The molecular weight excluding hydrogens is 374 g/mol. The zero-order valence-corrected chi connectivity index (χ0v) is 15.1. The molecule has 1 atom stereocenters. The van der Waals surface area contributed by atoms with E-state index >= 15 is 0 Å². The zero-order chi connectivity index (χ0) is 16.4. The standard InChI is InChI=1S/C15H14ClNO3S3/c16-11-3-4-13-10(8-11)9-15(22-13)23(19,20)17-12(5-6-18)14-2-1-7-21-14/h1-4,7-9,12,17-18H,5-6H2/t12-/m1/s1. The summed E-state index contributed by atoms with van der Waals surface area (Å²) in [5, 5.41) is 12.5. The minimum Gasteiger partial charge on any atom is -0.396 e. The average molecular weight is 388 g/mol. The third-order valence-corrected chi connectivity index (χ3v) is 7.60. The molecular formula is C15H14ClNO3S3. The fourth-order valence-corrected chi connectivity index (χ4v) is 5.96. The van der Waals surface area contributed by atoms with Gasteiger partial charge in [0.1, 0.15) is 4.21 Å². The number of rotatable bonds is 6. The van der Waals surface area contributed by atoms with Crippen molar-refractivity contribution in [1.29, 1.82) is 0 Å². The van der Waals surface area contributed by atoms with Crippen LogP contribution in [0.3, 0.4) is 0 Å². The highest BCUT2D eigenvalue weighted by Crippen LogP contribution is 2.32. The van der Waals surface area contributed by atoms with Crippen LogP contribution in [-0.4, -0.2) is 20.1 Å². The average Bonchev–Trinajstić information content (AvgIpc) is 3.15. The van der Waals surface area contributed by atoms with Gasteiger partial charge in [-0.1, -0.05) is 17.7 Å². The van der Waals surface area contributed by atoms with Crippen LogP contribution in [0.15, 0.2) is 46.0 Å². The van der Waals surface area contributed by atoms with Crippen LogP contribution in [-0.2, 0) is 10.0 Å². The minimum absolute atomic E-state index is 0.0902. The molecule has 3 rings (SSSR count). The molecule has 4 nitrogen and oxygen atoms in total. The van der Waals surface area contributed by atoms with Crippen LogP contribution in [0.2, 0.25) is 5.02 Å². The summed E-state index contributed by atoms with van der Waals surface area (Å²) in [6.07, 6.45) is 0.330. The first-order valence-corrected chi connectivity index (χ1v) is 10.4. The molecule has 2 aromatic heterocycles. The van der Waals surface area contributed by atoms with E-state index in [2.05, 4.69) is 4.72 Å². The summed E-state index contributed by atoms with van der Waals surface area (Å²) >= 11 is 8.61. The number of halogens is 1. The molecule has 0 saturated heterocycles. The summed E-state index contributed by atoms with van der Waals surface area (Å²) in [5.41, 5.74) is 0. The molecule has 2 heterocycles. The molecule has 0 aliphatic carbocycles. The Morgan fingerprint density at radius 1 is 1.26 bits per heavy atom. The van der Waals surface area contributed by atoms with Gasteiger partial charge in [0.15, 0.2) is 0 Å². The van der Waals surface area contributed by atoms with Crippen molar-refractivity contribution in [3.8, 4) is 0 Å².